The van der Waals surface area contributed by atoms with Crippen LogP contribution in [0.5, 0.6) is 0 Å². The van der Waals surface area contributed by atoms with Gasteiger partial charge in [-0.1, -0.05) is 36.4 Å². The highest BCUT2D eigenvalue weighted by atomic mass is 32.2. The molecule has 0 saturated carbocycles. The molecule has 0 amide bonds. The summed E-state index contributed by atoms with van der Waals surface area (Å²) >= 11 is 0. The van der Waals surface area contributed by atoms with Crippen molar-refractivity contribution in [1.29, 1.82) is 0 Å². The van der Waals surface area contributed by atoms with E-state index in [0.29, 0.717) is 19.5 Å². The van der Waals surface area contributed by atoms with Crippen molar-refractivity contribution in [3.8, 4) is 0 Å². The average Bonchev–Trinajstić information content (AvgIpc) is 3.08. The molecule has 0 aliphatic carbocycles. The molecule has 5 heteroatoms. The number of hydrogen-bond donors (Lipinski definition) is 0. The molecule has 0 N–H and O–H groups in total. The molecule has 0 aromatic heterocycles. The molecule has 2 aliphatic heterocycles. The van der Waals surface area contributed by atoms with Gasteiger partial charge in [-0.25, -0.2) is 8.42 Å². The maximum atomic E-state index is 12.4. The average molecular weight is 321 g/mol. The largest absolute Gasteiger partial charge is 0.378 e. The first-order valence-corrected chi connectivity index (χ1v) is 9.60. The molecule has 22 heavy (non-hydrogen) atoms. The zero-order valence-electron chi connectivity index (χ0n) is 12.8. The summed E-state index contributed by atoms with van der Waals surface area (Å²) in [5, 5.41) is 0. The molecule has 0 unspecified atom stereocenters. The van der Waals surface area contributed by atoms with Gasteiger partial charge in [-0.3, -0.25) is 0 Å². The second kappa shape index (κ2) is 6.94. The van der Waals surface area contributed by atoms with Crippen LogP contribution in [0.4, 0.5) is 0 Å². The lowest BCUT2D eigenvalue weighted by atomic mass is 10.0. The first-order valence-electron chi connectivity index (χ1n) is 7.99. The fourth-order valence-electron chi connectivity index (χ4n) is 3.10. The Hall–Kier alpha value is -1.17. The van der Waals surface area contributed by atoms with E-state index in [-0.39, 0.29) is 11.9 Å². The second-order valence-corrected chi connectivity index (χ2v) is 8.03. The molecule has 2 heterocycles. The van der Waals surface area contributed by atoms with E-state index >= 15 is 0 Å². The molecular weight excluding hydrogens is 298 g/mol. The van der Waals surface area contributed by atoms with E-state index < -0.39 is 10.0 Å². The standard InChI is InChI=1S/C17H23NO3S/c19-22(20,14-10-17-7-4-13-21-17)18-11-8-16(9-12-18)15-5-2-1-3-6-15/h1-3,5-6,8,17H,4,7,9-14H2/t17-/m1/s1. The minimum atomic E-state index is -3.17. The Bertz CT molecular complexity index is 619. The van der Waals surface area contributed by atoms with Gasteiger partial charge in [0, 0.05) is 19.7 Å². The van der Waals surface area contributed by atoms with E-state index in [9.17, 15) is 8.42 Å². The number of benzene rings is 1. The van der Waals surface area contributed by atoms with Gasteiger partial charge >= 0.3 is 0 Å². The summed E-state index contributed by atoms with van der Waals surface area (Å²) in [5.41, 5.74) is 2.44. The molecule has 0 bridgehead atoms. The first-order chi connectivity index (χ1) is 10.6. The molecule has 3 rings (SSSR count). The smallest absolute Gasteiger partial charge is 0.214 e. The van der Waals surface area contributed by atoms with Gasteiger partial charge in [0.15, 0.2) is 0 Å². The van der Waals surface area contributed by atoms with Crippen LogP contribution in [0, 0.1) is 0 Å². The van der Waals surface area contributed by atoms with Crippen LogP contribution in [-0.2, 0) is 14.8 Å². The van der Waals surface area contributed by atoms with Gasteiger partial charge in [-0.05, 0) is 36.8 Å². The SMILES string of the molecule is O=S(=O)(CC[C@H]1CCCO1)N1CC=C(c2ccccc2)CC1. The Morgan fingerprint density at radius 2 is 2.05 bits per heavy atom. The molecule has 4 nitrogen and oxygen atoms in total. The second-order valence-electron chi connectivity index (χ2n) is 5.94. The normalized spacial score (nSPS) is 23.5. The fourth-order valence-corrected chi connectivity index (χ4v) is 4.59. The molecule has 2 aliphatic rings. The molecule has 0 radical (unpaired) electrons. The third-order valence-electron chi connectivity index (χ3n) is 4.43. The topological polar surface area (TPSA) is 46.6 Å². The number of sulfonamides is 1. The minimum absolute atomic E-state index is 0.134. The van der Waals surface area contributed by atoms with E-state index in [1.165, 1.54) is 11.1 Å². The molecule has 1 saturated heterocycles. The predicted molar refractivity (Wildman–Crippen MR) is 88.0 cm³/mol. The summed E-state index contributed by atoms with van der Waals surface area (Å²) < 4.78 is 32.0. The quantitative estimate of drug-likeness (QED) is 0.837. The molecule has 0 spiro atoms. The van der Waals surface area contributed by atoms with Gasteiger partial charge in [-0.15, -0.1) is 0 Å². The first kappa shape index (κ1) is 15.7. The Labute approximate surface area is 132 Å². The van der Waals surface area contributed by atoms with Crippen LogP contribution in [0.2, 0.25) is 0 Å². The van der Waals surface area contributed by atoms with Crippen molar-refractivity contribution >= 4 is 15.6 Å². The Balaban J connectivity index is 1.58. The van der Waals surface area contributed by atoms with Gasteiger partial charge in [-0.2, -0.15) is 4.31 Å². The highest BCUT2D eigenvalue weighted by Crippen LogP contribution is 2.24. The Kier molecular flexibility index (Phi) is 4.96. The lowest BCUT2D eigenvalue weighted by Crippen LogP contribution is -2.37. The maximum absolute atomic E-state index is 12.4. The van der Waals surface area contributed by atoms with Crippen molar-refractivity contribution < 1.29 is 13.2 Å². The molecular formula is C17H23NO3S. The van der Waals surface area contributed by atoms with Crippen LogP contribution in [0.3, 0.4) is 0 Å². The summed E-state index contributed by atoms with van der Waals surface area (Å²) in [6.45, 7) is 1.84. The van der Waals surface area contributed by atoms with E-state index in [1.807, 2.05) is 24.3 Å². The van der Waals surface area contributed by atoms with E-state index in [2.05, 4.69) is 12.1 Å². The predicted octanol–water partition coefficient (Wildman–Crippen LogP) is 2.67. The fraction of sp³-hybridized carbons (Fsp3) is 0.529. The van der Waals surface area contributed by atoms with Crippen molar-refractivity contribution in [2.24, 2.45) is 0 Å². The summed E-state index contributed by atoms with van der Waals surface area (Å²) in [5.74, 6) is 0.201. The van der Waals surface area contributed by atoms with Crippen LogP contribution in [-0.4, -0.2) is 44.3 Å². The van der Waals surface area contributed by atoms with Gasteiger partial charge in [0.1, 0.15) is 0 Å². The van der Waals surface area contributed by atoms with Crippen molar-refractivity contribution in [3.63, 3.8) is 0 Å². The van der Waals surface area contributed by atoms with Gasteiger partial charge in [0.25, 0.3) is 0 Å². The highest BCUT2D eigenvalue weighted by Gasteiger charge is 2.26. The van der Waals surface area contributed by atoms with Gasteiger partial charge in [0.05, 0.1) is 11.9 Å². The number of ether oxygens (including phenoxy) is 1. The summed E-state index contributed by atoms with van der Waals surface area (Å²) in [6, 6.07) is 10.2. The highest BCUT2D eigenvalue weighted by molar-refractivity contribution is 7.89. The van der Waals surface area contributed by atoms with Crippen LogP contribution in [0.25, 0.3) is 5.57 Å². The van der Waals surface area contributed by atoms with E-state index in [0.717, 1.165) is 25.9 Å². The molecule has 1 aromatic carbocycles. The molecule has 1 fully saturated rings. The summed E-state index contributed by atoms with van der Waals surface area (Å²) in [4.78, 5) is 0. The molecule has 1 aromatic rings. The lowest BCUT2D eigenvalue weighted by Gasteiger charge is -2.26. The van der Waals surface area contributed by atoms with E-state index in [4.69, 9.17) is 4.74 Å². The number of nitrogens with zero attached hydrogens (tertiary/aromatic N) is 1. The van der Waals surface area contributed by atoms with Gasteiger partial charge < -0.3 is 4.74 Å². The minimum Gasteiger partial charge on any atom is -0.378 e. The van der Waals surface area contributed by atoms with Crippen molar-refractivity contribution in [2.45, 2.75) is 31.8 Å². The Morgan fingerprint density at radius 1 is 1.23 bits per heavy atom. The van der Waals surface area contributed by atoms with Crippen LogP contribution >= 0.6 is 0 Å². The molecule has 1 atom stereocenters. The third kappa shape index (κ3) is 3.77. The summed E-state index contributed by atoms with van der Waals surface area (Å²) in [7, 11) is -3.17. The monoisotopic (exact) mass is 321 g/mol. The zero-order valence-corrected chi connectivity index (χ0v) is 13.6. The van der Waals surface area contributed by atoms with Crippen molar-refractivity contribution in [2.75, 3.05) is 25.4 Å². The Morgan fingerprint density at radius 3 is 2.68 bits per heavy atom. The van der Waals surface area contributed by atoms with Crippen LogP contribution < -0.4 is 0 Å². The summed E-state index contributed by atoms with van der Waals surface area (Å²) in [6.07, 6.45) is 5.63. The number of rotatable bonds is 5. The van der Waals surface area contributed by atoms with Crippen LogP contribution in [0.1, 0.15) is 31.2 Å². The zero-order chi connectivity index (χ0) is 15.4. The van der Waals surface area contributed by atoms with E-state index in [1.54, 1.807) is 4.31 Å². The van der Waals surface area contributed by atoms with Crippen molar-refractivity contribution in [1.82, 2.24) is 4.31 Å². The van der Waals surface area contributed by atoms with Crippen LogP contribution in [0.15, 0.2) is 36.4 Å². The van der Waals surface area contributed by atoms with Crippen molar-refractivity contribution in [3.05, 3.63) is 42.0 Å². The lowest BCUT2D eigenvalue weighted by molar-refractivity contribution is 0.108. The third-order valence-corrected chi connectivity index (χ3v) is 6.30. The maximum Gasteiger partial charge on any atom is 0.214 e. The molecule has 120 valence electrons. The number of hydrogen-bond acceptors (Lipinski definition) is 3. The van der Waals surface area contributed by atoms with Gasteiger partial charge in [0.2, 0.25) is 10.0 Å².